The Morgan fingerprint density at radius 1 is 0.515 bits per heavy atom. The van der Waals surface area contributed by atoms with E-state index in [4.69, 9.17) is 28.4 Å². The van der Waals surface area contributed by atoms with Gasteiger partial charge < -0.3 is 38.6 Å². The summed E-state index contributed by atoms with van der Waals surface area (Å²) in [7, 11) is 0. The number of hydrogen-bond acceptors (Lipinski definition) is 13. The molecule has 5 rings (SSSR count). The topological polar surface area (TPSA) is 173 Å². The van der Waals surface area contributed by atoms with Crippen LogP contribution >= 0.6 is 0 Å². The fraction of sp³-hybridized carbons (Fsp3) is 0.815. The number of alkyl carbamates (subject to hydrolysis) is 1. The Morgan fingerprint density at radius 3 is 1.43 bits per heavy atom. The minimum Gasteiger partial charge on any atom is -0.466 e. The molecule has 0 aromatic rings. The molecule has 0 unspecified atom stereocenters. The second-order valence-electron chi connectivity index (χ2n) is 20.1. The van der Waals surface area contributed by atoms with Crippen molar-refractivity contribution in [2.75, 3.05) is 65.8 Å². The maximum absolute atomic E-state index is 13.7. The lowest BCUT2D eigenvalue weighted by Crippen LogP contribution is -2.47. The second kappa shape index (κ2) is 33.6. The number of unbranched alkanes of at least 4 members (excludes halogenated alkanes) is 8. The predicted molar refractivity (Wildman–Crippen MR) is 260 cm³/mol. The van der Waals surface area contributed by atoms with Gasteiger partial charge in [0.15, 0.2) is 0 Å². The number of ether oxygens (including phenoxy) is 6. The van der Waals surface area contributed by atoms with E-state index in [9.17, 15) is 28.8 Å². The Labute approximate surface area is 408 Å². The van der Waals surface area contributed by atoms with Crippen molar-refractivity contribution in [1.29, 1.82) is 0 Å². The summed E-state index contributed by atoms with van der Waals surface area (Å²) in [6.45, 7) is 6.81. The van der Waals surface area contributed by atoms with Gasteiger partial charge in [0.1, 0.15) is 31.8 Å². The highest BCUT2D eigenvalue weighted by Gasteiger charge is 2.49. The van der Waals surface area contributed by atoms with Gasteiger partial charge in [-0.1, -0.05) is 51.0 Å². The van der Waals surface area contributed by atoms with Gasteiger partial charge in [-0.3, -0.25) is 24.0 Å². The van der Waals surface area contributed by atoms with Gasteiger partial charge in [-0.05, 0) is 165 Å². The lowest BCUT2D eigenvalue weighted by atomic mass is 9.51. The van der Waals surface area contributed by atoms with Crippen molar-refractivity contribution in [3.8, 4) is 0 Å². The molecule has 68 heavy (non-hydrogen) atoms. The number of carbonyl (C=O) groups excluding carboxylic acids is 6. The quantitative estimate of drug-likeness (QED) is 0.0270. The van der Waals surface area contributed by atoms with Crippen molar-refractivity contribution >= 4 is 35.9 Å². The maximum atomic E-state index is 13.7. The lowest BCUT2D eigenvalue weighted by Gasteiger charge is -2.54. The van der Waals surface area contributed by atoms with Crippen molar-refractivity contribution < 1.29 is 57.2 Å². The maximum Gasteiger partial charge on any atom is 0.407 e. The van der Waals surface area contributed by atoms with E-state index in [1.165, 1.54) is 32.1 Å². The van der Waals surface area contributed by atoms with Gasteiger partial charge in [0, 0.05) is 45.2 Å². The van der Waals surface area contributed by atoms with Crippen molar-refractivity contribution in [2.24, 2.45) is 35.0 Å². The molecule has 5 aliphatic rings. The van der Waals surface area contributed by atoms with E-state index in [1.807, 2.05) is 0 Å². The molecule has 1 N–H and O–H groups in total. The van der Waals surface area contributed by atoms with E-state index in [-0.39, 0.29) is 75.9 Å². The van der Waals surface area contributed by atoms with Crippen LogP contribution in [0.25, 0.3) is 0 Å². The molecule has 1 amide bonds. The van der Waals surface area contributed by atoms with E-state index >= 15 is 0 Å². The van der Waals surface area contributed by atoms with Gasteiger partial charge >= 0.3 is 35.9 Å². The van der Waals surface area contributed by atoms with E-state index in [1.54, 1.807) is 0 Å². The summed E-state index contributed by atoms with van der Waals surface area (Å²) in [4.78, 5) is 79.9. The van der Waals surface area contributed by atoms with Gasteiger partial charge in [-0.15, -0.1) is 0 Å². The van der Waals surface area contributed by atoms with Gasteiger partial charge in [0.2, 0.25) is 0 Å². The minimum atomic E-state index is -1.37. The third-order valence-corrected chi connectivity index (χ3v) is 14.2. The zero-order valence-electron chi connectivity index (χ0n) is 42.0. The Bertz CT molecular complexity index is 1470. The molecule has 5 fully saturated rings. The summed E-state index contributed by atoms with van der Waals surface area (Å²) in [5, 5.41) is 2.81. The van der Waals surface area contributed by atoms with E-state index < -0.39 is 23.4 Å². The number of likely N-dealkylation sites (tertiary alicyclic amines) is 1. The van der Waals surface area contributed by atoms with Crippen LogP contribution in [0.3, 0.4) is 0 Å². The van der Waals surface area contributed by atoms with Crippen LogP contribution in [0, 0.1) is 35.0 Å². The van der Waals surface area contributed by atoms with Crippen molar-refractivity contribution in [3.63, 3.8) is 0 Å². The molecule has 4 aliphatic carbocycles. The summed E-state index contributed by atoms with van der Waals surface area (Å²) < 4.78 is 34.1. The molecule has 14 heteroatoms. The summed E-state index contributed by atoms with van der Waals surface area (Å²) in [6, 6.07) is 0. The number of rotatable bonds is 37. The minimum absolute atomic E-state index is 0.0878. The number of amides is 1. The van der Waals surface area contributed by atoms with Crippen molar-refractivity contribution in [3.05, 3.63) is 24.3 Å². The number of nitrogens with one attached hydrogen (secondary N) is 1. The molecule has 1 saturated heterocycles. The fourth-order valence-corrected chi connectivity index (χ4v) is 10.6. The van der Waals surface area contributed by atoms with Crippen molar-refractivity contribution in [2.45, 2.75) is 181 Å². The van der Waals surface area contributed by atoms with Gasteiger partial charge in [-0.25, -0.2) is 4.79 Å². The molecular weight excluding hydrogens is 869 g/mol. The van der Waals surface area contributed by atoms with Crippen molar-refractivity contribution in [1.82, 2.24) is 10.2 Å². The number of allylic oxidation sites excluding steroid dienone is 4. The van der Waals surface area contributed by atoms with Crippen LogP contribution in [0.2, 0.25) is 0 Å². The Kier molecular flexibility index (Phi) is 28.0. The zero-order valence-corrected chi connectivity index (χ0v) is 42.0. The van der Waals surface area contributed by atoms with Crippen LogP contribution in [0.1, 0.15) is 181 Å². The first-order valence-electron chi connectivity index (χ1n) is 26.8. The summed E-state index contributed by atoms with van der Waals surface area (Å²) in [6.07, 6.45) is 28.1. The number of carbonyl (C=O) groups is 6. The molecule has 0 aromatic heterocycles. The Hall–Kier alpha value is -3.94. The fourth-order valence-electron chi connectivity index (χ4n) is 10.6. The third-order valence-electron chi connectivity index (χ3n) is 14.2. The molecule has 4 bridgehead atoms. The number of nitrogens with zero attached hydrogens (tertiary/aromatic N) is 1. The first-order valence-corrected chi connectivity index (χ1v) is 26.8. The molecule has 386 valence electrons. The first kappa shape index (κ1) is 56.6. The first-order chi connectivity index (χ1) is 33.1. The third kappa shape index (κ3) is 23.6. The normalized spacial score (nSPS) is 21.0. The Balaban J connectivity index is 1.30. The smallest absolute Gasteiger partial charge is 0.407 e. The predicted octanol–water partition coefficient (Wildman–Crippen LogP) is 10.1. The lowest BCUT2D eigenvalue weighted by molar-refractivity contribution is -0.167. The molecule has 0 aromatic carbocycles. The van der Waals surface area contributed by atoms with Crippen LogP contribution in [0.15, 0.2) is 24.3 Å². The van der Waals surface area contributed by atoms with E-state index in [0.717, 1.165) is 89.1 Å². The molecule has 0 radical (unpaired) electrons. The number of hydrogen-bond donors (Lipinski definition) is 1. The molecule has 14 nitrogen and oxygen atoms in total. The van der Waals surface area contributed by atoms with E-state index in [2.05, 4.69) is 48.4 Å². The SMILES string of the molecule is CC/C=C\CCCCOC(=O)CCCCCC(=O)OCC(COC(=O)CCCCCC(=O)OCCCC/C=C\CC)(COC(=O)CC1C2CC3CC(C2)CC1C3)COC(=O)NCCN1CCCC1. The highest BCUT2D eigenvalue weighted by atomic mass is 16.6. The van der Waals surface area contributed by atoms with Crippen LogP contribution in [-0.4, -0.2) is 107 Å². The van der Waals surface area contributed by atoms with Gasteiger partial charge in [-0.2, -0.15) is 0 Å². The van der Waals surface area contributed by atoms with Gasteiger partial charge in [0.25, 0.3) is 0 Å². The largest absolute Gasteiger partial charge is 0.466 e. The van der Waals surface area contributed by atoms with Gasteiger partial charge in [0.05, 0.1) is 13.2 Å². The Morgan fingerprint density at radius 2 is 0.956 bits per heavy atom. The molecular formula is C54H88N2O12. The van der Waals surface area contributed by atoms with Crippen LogP contribution in [-0.2, 0) is 52.4 Å². The molecule has 4 saturated carbocycles. The second-order valence-corrected chi connectivity index (χ2v) is 20.1. The molecule has 0 spiro atoms. The summed E-state index contributed by atoms with van der Waals surface area (Å²) in [5.74, 6) is 1.02. The molecule has 1 heterocycles. The highest BCUT2D eigenvalue weighted by Crippen LogP contribution is 2.57. The molecule has 1 aliphatic heterocycles. The standard InChI is InChI=1S/C54H88N2O12/c1-3-5-7-9-11-21-31-63-48(57)23-15-13-17-25-50(59)65-39-54(42-68-53(62)55-27-30-56-28-19-20-29-56,41-67-52(61)38-47-45-34-43-33-44(36-45)37-46(47)35-43)40-66-51(60)26-18-14-16-24-49(58)64-32-22-12-10-8-6-4-2/h5-8,43-47H,3-4,9-42H2,1-2H3,(H,55,62)/b7-5-,8-6-. The van der Waals surface area contributed by atoms with Crippen LogP contribution < -0.4 is 5.32 Å². The van der Waals surface area contributed by atoms with Crippen LogP contribution in [0.5, 0.6) is 0 Å². The highest BCUT2D eigenvalue weighted by molar-refractivity contribution is 5.71. The monoisotopic (exact) mass is 957 g/mol. The van der Waals surface area contributed by atoms with E-state index in [0.29, 0.717) is 83.1 Å². The average Bonchev–Trinajstić information content (AvgIpc) is 3.85. The molecule has 0 atom stereocenters. The number of esters is 5. The average molecular weight is 957 g/mol. The van der Waals surface area contributed by atoms with Crippen LogP contribution in [0.4, 0.5) is 4.79 Å². The zero-order chi connectivity index (χ0) is 48.7. The summed E-state index contributed by atoms with van der Waals surface area (Å²) >= 11 is 0. The summed E-state index contributed by atoms with van der Waals surface area (Å²) in [5.41, 5.74) is -1.37.